The highest BCUT2D eigenvalue weighted by molar-refractivity contribution is 5.88. The van der Waals surface area contributed by atoms with Crippen LogP contribution in [-0.4, -0.2) is 10.1 Å². The molecule has 3 rings (SSSR count). The van der Waals surface area contributed by atoms with Gasteiger partial charge in [0.05, 0.1) is 11.1 Å². The Kier molecular flexibility index (Phi) is 3.09. The van der Waals surface area contributed by atoms with Gasteiger partial charge in [-0.1, -0.05) is 32.0 Å². The lowest BCUT2D eigenvalue weighted by Gasteiger charge is -2.24. The molecule has 0 saturated heterocycles. The molecule has 1 heterocycles. The molecule has 0 fully saturated rings. The molecule has 0 saturated carbocycles. The molecule has 1 N–H and O–H groups in total. The van der Waals surface area contributed by atoms with E-state index < -0.39 is 5.60 Å². The lowest BCUT2D eigenvalue weighted by molar-refractivity contribution is 0.0792. The second-order valence-electron chi connectivity index (χ2n) is 6.72. The van der Waals surface area contributed by atoms with Gasteiger partial charge in [0, 0.05) is 11.1 Å². The van der Waals surface area contributed by atoms with Crippen LogP contribution in [0, 0.1) is 0 Å². The van der Waals surface area contributed by atoms with Crippen molar-refractivity contribution in [1.29, 1.82) is 0 Å². The fourth-order valence-corrected chi connectivity index (χ4v) is 3.47. The summed E-state index contributed by atoms with van der Waals surface area (Å²) in [5.74, 6) is 0.445. The van der Waals surface area contributed by atoms with Gasteiger partial charge in [0.1, 0.15) is 0 Å². The third kappa shape index (κ3) is 2.03. The maximum atomic E-state index is 10.7. The predicted molar refractivity (Wildman–Crippen MR) is 83.1 cm³/mol. The molecule has 0 bridgehead atoms. The van der Waals surface area contributed by atoms with Crippen molar-refractivity contribution in [2.45, 2.75) is 58.5 Å². The van der Waals surface area contributed by atoms with Crippen LogP contribution in [0.2, 0.25) is 0 Å². The number of rotatable bonds is 2. The van der Waals surface area contributed by atoms with Crippen molar-refractivity contribution in [1.82, 2.24) is 4.98 Å². The zero-order chi connectivity index (χ0) is 14.5. The monoisotopic (exact) mass is 269 g/mol. The van der Waals surface area contributed by atoms with E-state index in [9.17, 15) is 5.11 Å². The zero-order valence-electron chi connectivity index (χ0n) is 12.8. The van der Waals surface area contributed by atoms with Gasteiger partial charge in [-0.05, 0) is 55.7 Å². The van der Waals surface area contributed by atoms with Crippen LogP contribution in [0.25, 0.3) is 10.9 Å². The van der Waals surface area contributed by atoms with Crippen molar-refractivity contribution in [3.8, 4) is 0 Å². The summed E-state index contributed by atoms with van der Waals surface area (Å²) in [5, 5.41) is 11.8. The summed E-state index contributed by atoms with van der Waals surface area (Å²) in [5.41, 5.74) is 5.12. The van der Waals surface area contributed by atoms with Gasteiger partial charge >= 0.3 is 0 Å². The first-order valence-corrected chi connectivity index (χ1v) is 7.57. The zero-order valence-corrected chi connectivity index (χ0v) is 12.8. The Hall–Kier alpha value is -1.41. The predicted octanol–water partition coefficient (Wildman–Crippen LogP) is 4.07. The molecular formula is C18H23NO. The Morgan fingerprint density at radius 2 is 1.95 bits per heavy atom. The largest absolute Gasteiger partial charge is 0.386 e. The highest BCUT2D eigenvalue weighted by Gasteiger charge is 2.28. The molecule has 0 spiro atoms. The molecule has 0 aliphatic heterocycles. The number of para-hydroxylation sites is 1. The number of fused-ring (bicyclic) bond motifs is 2. The van der Waals surface area contributed by atoms with Gasteiger partial charge in [0.25, 0.3) is 0 Å². The molecule has 0 unspecified atom stereocenters. The van der Waals surface area contributed by atoms with Crippen LogP contribution in [-0.2, 0) is 18.4 Å². The Labute approximate surface area is 120 Å². The second-order valence-corrected chi connectivity index (χ2v) is 6.72. The number of aryl methyl sites for hydroxylation is 1. The van der Waals surface area contributed by atoms with Gasteiger partial charge in [-0.15, -0.1) is 0 Å². The second kappa shape index (κ2) is 4.56. The number of hydrogen-bond donors (Lipinski definition) is 1. The van der Waals surface area contributed by atoms with E-state index in [1.807, 2.05) is 13.8 Å². The Morgan fingerprint density at radius 1 is 1.20 bits per heavy atom. The summed E-state index contributed by atoms with van der Waals surface area (Å²) in [6, 6.07) is 6.37. The summed E-state index contributed by atoms with van der Waals surface area (Å²) in [4.78, 5) is 4.94. The highest BCUT2D eigenvalue weighted by atomic mass is 16.3. The summed E-state index contributed by atoms with van der Waals surface area (Å²) >= 11 is 0. The van der Waals surface area contributed by atoms with E-state index in [0.717, 1.165) is 35.7 Å². The van der Waals surface area contributed by atoms with Crippen LogP contribution in [0.1, 0.15) is 62.4 Å². The van der Waals surface area contributed by atoms with E-state index in [-0.39, 0.29) is 0 Å². The number of aromatic nitrogens is 1. The lowest BCUT2D eigenvalue weighted by atomic mass is 9.87. The van der Waals surface area contributed by atoms with Crippen molar-refractivity contribution in [3.63, 3.8) is 0 Å². The van der Waals surface area contributed by atoms with Crippen molar-refractivity contribution < 1.29 is 5.11 Å². The van der Waals surface area contributed by atoms with Crippen molar-refractivity contribution in [3.05, 3.63) is 40.6 Å². The molecule has 1 aliphatic rings. The van der Waals surface area contributed by atoms with E-state index in [1.165, 1.54) is 16.8 Å². The molecule has 0 atom stereocenters. The Bertz CT molecular complexity index is 665. The normalized spacial score (nSPS) is 15.1. The maximum Gasteiger partial charge on any atom is 0.0850 e. The van der Waals surface area contributed by atoms with Gasteiger partial charge in [-0.2, -0.15) is 0 Å². The van der Waals surface area contributed by atoms with Crippen molar-refractivity contribution in [2.24, 2.45) is 0 Å². The van der Waals surface area contributed by atoms with E-state index in [2.05, 4.69) is 32.0 Å². The lowest BCUT2D eigenvalue weighted by Crippen LogP contribution is -2.19. The summed E-state index contributed by atoms with van der Waals surface area (Å²) < 4.78 is 0. The van der Waals surface area contributed by atoms with Crippen LogP contribution in [0.3, 0.4) is 0 Å². The summed E-state index contributed by atoms with van der Waals surface area (Å²) in [6.45, 7) is 8.19. The average Bonchev–Trinajstić information content (AvgIpc) is 2.80. The standard InChI is InChI=1S/C18H23NO/c1-11(2)12-7-5-9-14-16(18(3,4)20)13-8-6-10-15(13)19-17(12)14/h5,7,9,11,20H,6,8,10H2,1-4H3. The molecule has 0 radical (unpaired) electrons. The number of benzene rings is 1. The molecule has 2 aromatic rings. The molecule has 2 nitrogen and oxygen atoms in total. The minimum atomic E-state index is -0.814. The van der Waals surface area contributed by atoms with Gasteiger partial charge in [-0.25, -0.2) is 0 Å². The molecule has 1 aromatic carbocycles. The summed E-state index contributed by atoms with van der Waals surface area (Å²) in [6.07, 6.45) is 3.24. The van der Waals surface area contributed by atoms with E-state index in [4.69, 9.17) is 4.98 Å². The fraction of sp³-hybridized carbons (Fsp3) is 0.500. The molecule has 1 aromatic heterocycles. The van der Waals surface area contributed by atoms with E-state index in [1.54, 1.807) is 0 Å². The summed E-state index contributed by atoms with van der Waals surface area (Å²) in [7, 11) is 0. The third-order valence-electron chi connectivity index (χ3n) is 4.31. The molecule has 0 amide bonds. The number of nitrogens with zero attached hydrogens (tertiary/aromatic N) is 1. The molecular weight excluding hydrogens is 246 g/mol. The highest BCUT2D eigenvalue weighted by Crippen LogP contribution is 2.38. The van der Waals surface area contributed by atoms with E-state index in [0.29, 0.717) is 5.92 Å². The topological polar surface area (TPSA) is 33.1 Å². The fourth-order valence-electron chi connectivity index (χ4n) is 3.47. The average molecular weight is 269 g/mol. The molecule has 20 heavy (non-hydrogen) atoms. The molecule has 2 heteroatoms. The van der Waals surface area contributed by atoms with Crippen LogP contribution >= 0.6 is 0 Å². The van der Waals surface area contributed by atoms with Crippen LogP contribution in [0.5, 0.6) is 0 Å². The number of pyridine rings is 1. The first kappa shape index (κ1) is 13.6. The van der Waals surface area contributed by atoms with Crippen molar-refractivity contribution in [2.75, 3.05) is 0 Å². The maximum absolute atomic E-state index is 10.7. The first-order valence-electron chi connectivity index (χ1n) is 7.57. The molecule has 106 valence electrons. The van der Waals surface area contributed by atoms with E-state index >= 15 is 0 Å². The minimum absolute atomic E-state index is 0.445. The smallest absolute Gasteiger partial charge is 0.0850 e. The quantitative estimate of drug-likeness (QED) is 0.891. The van der Waals surface area contributed by atoms with Crippen molar-refractivity contribution >= 4 is 10.9 Å². The first-order chi connectivity index (χ1) is 9.39. The number of hydrogen-bond acceptors (Lipinski definition) is 2. The molecule has 1 aliphatic carbocycles. The Morgan fingerprint density at radius 3 is 2.60 bits per heavy atom. The minimum Gasteiger partial charge on any atom is -0.386 e. The third-order valence-corrected chi connectivity index (χ3v) is 4.31. The Balaban J connectivity index is 2.44. The van der Waals surface area contributed by atoms with Crippen LogP contribution in [0.4, 0.5) is 0 Å². The SMILES string of the molecule is CC(C)c1cccc2c(C(C)(C)O)c3c(nc12)CCC3. The van der Waals surface area contributed by atoms with Gasteiger partial charge < -0.3 is 5.11 Å². The van der Waals surface area contributed by atoms with Gasteiger partial charge in [-0.3, -0.25) is 4.98 Å². The van der Waals surface area contributed by atoms with Gasteiger partial charge in [0.15, 0.2) is 0 Å². The number of aliphatic hydroxyl groups is 1. The van der Waals surface area contributed by atoms with Gasteiger partial charge in [0.2, 0.25) is 0 Å². The van der Waals surface area contributed by atoms with Crippen LogP contribution in [0.15, 0.2) is 18.2 Å². The van der Waals surface area contributed by atoms with Crippen LogP contribution < -0.4 is 0 Å².